The van der Waals surface area contributed by atoms with E-state index in [2.05, 4.69) is 36.8 Å². The number of benzene rings is 4. The quantitative estimate of drug-likeness (QED) is 0.141. The molecule has 1 unspecified atom stereocenters. The van der Waals surface area contributed by atoms with Gasteiger partial charge < -0.3 is 19.8 Å². The summed E-state index contributed by atoms with van der Waals surface area (Å²) in [6.07, 6.45) is 8.13. The number of halogens is 2. The first kappa shape index (κ1) is 36.7. The minimum absolute atomic E-state index is 0.0970. The molecular formula is C43H41Cl2N7O3. The Labute approximate surface area is 329 Å². The molecule has 2 amide bonds. The highest BCUT2D eigenvalue weighted by Crippen LogP contribution is 2.42. The minimum atomic E-state index is -0.905. The fraction of sp³-hybridized carbons (Fsp3) is 0.279. The standard InChI is InChI=1S/C43H41Cl2N7O3/c1-27(28-12-15-31(44)16-13-28)52-26-46-39(29-8-4-2-5-9-29)41(52)38-34-18-17-32(45)25-35(34)47-40(38)43(54)48-36-24-30(42(53)49-55)14-19-37(36)51-22-20-50(21-23-51)33-10-6-3-7-11-33/h2,4-5,8-9,12-19,24-27,33,47H,3,6-7,10-11,20-23H2,1H3,(H,48,54). The van der Waals surface area contributed by atoms with E-state index in [1.807, 2.05) is 60.7 Å². The minimum Gasteiger partial charge on any atom is -0.367 e. The van der Waals surface area contributed by atoms with Gasteiger partial charge in [-0.3, -0.25) is 14.5 Å². The van der Waals surface area contributed by atoms with Gasteiger partial charge >= 0.3 is 5.91 Å². The number of H-pyrrole nitrogens is 1. The van der Waals surface area contributed by atoms with Crippen LogP contribution in [0.5, 0.6) is 0 Å². The Kier molecular flexibility index (Phi) is 10.6. The second-order valence-corrected chi connectivity index (χ2v) is 15.3. The van der Waals surface area contributed by atoms with Crippen LogP contribution in [0.4, 0.5) is 11.4 Å². The fourth-order valence-electron chi connectivity index (χ4n) is 8.25. The average Bonchev–Trinajstić information content (AvgIpc) is 3.83. The predicted molar refractivity (Wildman–Crippen MR) is 220 cm³/mol. The normalized spacial score (nSPS) is 15.9. The molecule has 2 aliphatic rings. The van der Waals surface area contributed by atoms with Gasteiger partial charge in [0.2, 0.25) is 0 Å². The van der Waals surface area contributed by atoms with Gasteiger partial charge in [0.05, 0.1) is 35.1 Å². The maximum atomic E-state index is 14.8. The monoisotopic (exact) mass is 773 g/mol. The highest BCUT2D eigenvalue weighted by molar-refractivity contribution is 6.31. The van der Waals surface area contributed by atoms with Gasteiger partial charge in [0, 0.05) is 75.0 Å². The molecule has 4 aromatic carbocycles. The molecule has 1 aliphatic carbocycles. The lowest BCUT2D eigenvalue weighted by Gasteiger charge is -2.42. The van der Waals surface area contributed by atoms with Crippen LogP contribution in [0.2, 0.25) is 10.0 Å². The number of amides is 2. The van der Waals surface area contributed by atoms with Gasteiger partial charge in [-0.25, -0.2) is 4.98 Å². The number of hydrogen-bond acceptors (Lipinski definition) is 6. The Balaban J connectivity index is 1.22. The van der Waals surface area contributed by atoms with Crippen LogP contribution < -0.4 is 10.2 Å². The van der Waals surface area contributed by atoms with Gasteiger partial charge in [-0.2, -0.15) is 0 Å². The number of fused-ring (bicyclic) bond motifs is 1. The van der Waals surface area contributed by atoms with Gasteiger partial charge in [-0.05, 0) is 67.8 Å². The number of aromatic amines is 1. The van der Waals surface area contributed by atoms with Crippen molar-refractivity contribution in [3.63, 3.8) is 0 Å². The van der Waals surface area contributed by atoms with Crippen LogP contribution >= 0.6 is 23.2 Å². The van der Waals surface area contributed by atoms with Crippen LogP contribution in [-0.2, 0) is 0 Å². The van der Waals surface area contributed by atoms with Crippen LogP contribution in [0.15, 0.2) is 102 Å². The third-order valence-corrected chi connectivity index (χ3v) is 11.6. The topological polar surface area (TPSA) is 116 Å². The first-order valence-electron chi connectivity index (χ1n) is 18.8. The molecule has 1 saturated heterocycles. The Bertz CT molecular complexity index is 2360. The van der Waals surface area contributed by atoms with Gasteiger partial charge in [-0.15, -0.1) is 4.91 Å². The van der Waals surface area contributed by atoms with Crippen molar-refractivity contribution in [2.24, 2.45) is 5.18 Å². The summed E-state index contributed by atoms with van der Waals surface area (Å²) in [7, 11) is 0. The van der Waals surface area contributed by atoms with E-state index in [1.165, 1.54) is 32.1 Å². The molecule has 0 radical (unpaired) electrons. The van der Waals surface area contributed by atoms with E-state index in [4.69, 9.17) is 28.2 Å². The van der Waals surface area contributed by atoms with Gasteiger partial charge in [0.15, 0.2) is 0 Å². The number of carbonyl (C=O) groups excluding carboxylic acids is 2. The number of rotatable bonds is 9. The van der Waals surface area contributed by atoms with Crippen molar-refractivity contribution < 1.29 is 9.59 Å². The van der Waals surface area contributed by atoms with E-state index in [0.29, 0.717) is 38.5 Å². The van der Waals surface area contributed by atoms with Crippen molar-refractivity contribution >= 4 is 57.3 Å². The number of imidazole rings is 1. The fourth-order valence-corrected chi connectivity index (χ4v) is 8.55. The van der Waals surface area contributed by atoms with Gasteiger partial charge in [0.1, 0.15) is 5.69 Å². The van der Waals surface area contributed by atoms with E-state index in [1.54, 1.807) is 36.7 Å². The first-order chi connectivity index (χ1) is 26.8. The number of anilines is 2. The maximum absolute atomic E-state index is 14.8. The smallest absolute Gasteiger partial charge is 0.316 e. The zero-order chi connectivity index (χ0) is 38.1. The zero-order valence-corrected chi connectivity index (χ0v) is 32.0. The summed E-state index contributed by atoms with van der Waals surface area (Å²) >= 11 is 12.8. The van der Waals surface area contributed by atoms with E-state index < -0.39 is 11.8 Å². The average molecular weight is 775 g/mol. The Morgan fingerprint density at radius 1 is 0.873 bits per heavy atom. The first-order valence-corrected chi connectivity index (χ1v) is 19.6. The van der Waals surface area contributed by atoms with Gasteiger partial charge in [0.25, 0.3) is 5.91 Å². The van der Waals surface area contributed by atoms with Crippen LogP contribution in [0.25, 0.3) is 33.4 Å². The predicted octanol–water partition coefficient (Wildman–Crippen LogP) is 10.2. The van der Waals surface area contributed by atoms with Crippen LogP contribution in [0.3, 0.4) is 0 Å². The lowest BCUT2D eigenvalue weighted by molar-refractivity contribution is 0.0996. The summed E-state index contributed by atoms with van der Waals surface area (Å²) in [5.41, 5.74) is 6.22. The number of hydrogen-bond donors (Lipinski definition) is 2. The van der Waals surface area contributed by atoms with Crippen molar-refractivity contribution in [3.05, 3.63) is 129 Å². The molecule has 55 heavy (non-hydrogen) atoms. The second kappa shape index (κ2) is 15.8. The number of aromatic nitrogens is 3. The molecule has 1 aliphatic heterocycles. The third-order valence-electron chi connectivity index (χ3n) is 11.2. The molecule has 2 N–H and O–H groups in total. The number of nitrogens with one attached hydrogen (secondary N) is 2. The van der Waals surface area contributed by atoms with E-state index in [9.17, 15) is 14.5 Å². The molecule has 12 heteroatoms. The molecule has 3 heterocycles. The van der Waals surface area contributed by atoms with E-state index >= 15 is 0 Å². The summed E-state index contributed by atoms with van der Waals surface area (Å²) in [5.74, 6) is -1.34. The zero-order valence-electron chi connectivity index (χ0n) is 30.5. The van der Waals surface area contributed by atoms with Crippen molar-refractivity contribution in [2.45, 2.75) is 51.1 Å². The van der Waals surface area contributed by atoms with Crippen molar-refractivity contribution in [2.75, 3.05) is 36.4 Å². The highest BCUT2D eigenvalue weighted by Gasteiger charge is 2.30. The largest absolute Gasteiger partial charge is 0.367 e. The maximum Gasteiger partial charge on any atom is 0.316 e. The third kappa shape index (κ3) is 7.42. The Morgan fingerprint density at radius 2 is 1.60 bits per heavy atom. The molecule has 8 rings (SSSR count). The molecule has 1 atom stereocenters. The molecule has 6 aromatic rings. The summed E-state index contributed by atoms with van der Waals surface area (Å²) < 4.78 is 2.08. The number of nitrogens with zero attached hydrogens (tertiary/aromatic N) is 5. The summed E-state index contributed by atoms with van der Waals surface area (Å²) in [6.45, 7) is 5.41. The van der Waals surface area contributed by atoms with Crippen LogP contribution in [0, 0.1) is 4.91 Å². The Hall–Kier alpha value is -5.29. The van der Waals surface area contributed by atoms with Crippen molar-refractivity contribution in [1.82, 2.24) is 19.4 Å². The van der Waals surface area contributed by atoms with Crippen molar-refractivity contribution in [1.29, 1.82) is 0 Å². The molecular weight excluding hydrogens is 733 g/mol. The molecule has 2 aromatic heterocycles. The van der Waals surface area contributed by atoms with Crippen LogP contribution in [-0.4, -0.2) is 63.5 Å². The lowest BCUT2D eigenvalue weighted by atomic mass is 9.94. The summed E-state index contributed by atoms with van der Waals surface area (Å²) in [5, 5.41) is 7.74. The summed E-state index contributed by atoms with van der Waals surface area (Å²) in [6, 6.07) is 28.4. The second-order valence-electron chi connectivity index (χ2n) is 14.4. The van der Waals surface area contributed by atoms with E-state index in [0.717, 1.165) is 54.1 Å². The number of piperazine rings is 1. The van der Waals surface area contributed by atoms with Crippen molar-refractivity contribution in [3.8, 4) is 22.5 Å². The molecule has 2 fully saturated rings. The Morgan fingerprint density at radius 3 is 2.33 bits per heavy atom. The van der Waals surface area contributed by atoms with E-state index in [-0.39, 0.29) is 17.3 Å². The van der Waals surface area contributed by atoms with Gasteiger partial charge in [-0.1, -0.05) is 91.0 Å². The molecule has 0 bridgehead atoms. The molecule has 0 spiro atoms. The SMILES string of the molecule is CC(c1ccc(Cl)cc1)n1cnc(-c2ccccc2)c1-c1c(C(=O)Nc2cc(C(=O)N=O)ccc2N2CCN(C3CCCCC3)CC2)[nH]c2cc(Cl)ccc12. The number of carbonyl (C=O) groups is 2. The highest BCUT2D eigenvalue weighted by atomic mass is 35.5. The molecule has 10 nitrogen and oxygen atoms in total. The lowest BCUT2D eigenvalue weighted by Crippen LogP contribution is -2.51. The van der Waals surface area contributed by atoms with Crippen LogP contribution in [0.1, 0.15) is 71.5 Å². The number of nitroso groups, excluding NO2 is 1. The molecule has 1 saturated carbocycles. The molecule has 280 valence electrons. The summed E-state index contributed by atoms with van der Waals surface area (Å²) in [4.78, 5) is 51.9.